The molecule has 0 fully saturated rings. The summed E-state index contributed by atoms with van der Waals surface area (Å²) in [4.78, 5) is 20.5. The minimum Gasteiger partial charge on any atom is -0.328 e. The van der Waals surface area contributed by atoms with E-state index in [0.717, 1.165) is 41.8 Å². The average molecular weight is 427 g/mol. The zero-order valence-electron chi connectivity index (χ0n) is 18.0. The molecule has 2 heterocycles. The molecule has 2 N–H and O–H groups in total. The smallest absolute Gasteiger partial charge is 0.267 e. The lowest BCUT2D eigenvalue weighted by molar-refractivity contribution is -0.124. The molecular formula is C26H26N4O2. The zero-order chi connectivity index (χ0) is 22.3. The molecule has 0 bridgehead atoms. The van der Waals surface area contributed by atoms with Crippen molar-refractivity contribution in [1.82, 2.24) is 20.0 Å². The van der Waals surface area contributed by atoms with Crippen molar-refractivity contribution in [2.75, 3.05) is 0 Å². The van der Waals surface area contributed by atoms with Crippen molar-refractivity contribution in [3.63, 3.8) is 0 Å². The normalized spacial score (nSPS) is 12.3. The first kappa shape index (κ1) is 21.5. The van der Waals surface area contributed by atoms with Gasteiger partial charge in [-0.1, -0.05) is 49.4 Å². The summed E-state index contributed by atoms with van der Waals surface area (Å²) in [5.74, 6) is 0.803. The summed E-state index contributed by atoms with van der Waals surface area (Å²) in [6.07, 6.45) is 8.33. The Labute approximate surface area is 187 Å². The Morgan fingerprint density at radius 3 is 2.75 bits per heavy atom. The number of aryl methyl sites for hydroxylation is 2. The molecule has 0 spiro atoms. The Bertz CT molecular complexity index is 1220. The van der Waals surface area contributed by atoms with Gasteiger partial charge in [-0.05, 0) is 53.3 Å². The summed E-state index contributed by atoms with van der Waals surface area (Å²) in [6, 6.07) is 20.5. The van der Waals surface area contributed by atoms with Gasteiger partial charge in [0, 0.05) is 31.4 Å². The van der Waals surface area contributed by atoms with E-state index in [1.54, 1.807) is 17.8 Å². The van der Waals surface area contributed by atoms with Gasteiger partial charge in [0.2, 0.25) is 0 Å². The summed E-state index contributed by atoms with van der Waals surface area (Å²) in [5.41, 5.74) is 6.88. The predicted octanol–water partition coefficient (Wildman–Crippen LogP) is 4.54. The number of hydrogen-bond acceptors (Lipinski definition) is 4. The number of fused-ring (bicyclic) bond motifs is 1. The number of amides is 1. The Morgan fingerprint density at radius 2 is 2.00 bits per heavy atom. The van der Waals surface area contributed by atoms with Crippen molar-refractivity contribution >= 4 is 23.0 Å². The molecule has 32 heavy (non-hydrogen) atoms. The molecule has 6 heteroatoms. The first-order chi connectivity index (χ1) is 15.6. The van der Waals surface area contributed by atoms with Crippen LogP contribution < -0.4 is 5.48 Å². The highest BCUT2D eigenvalue weighted by atomic mass is 16.5. The van der Waals surface area contributed by atoms with E-state index >= 15 is 0 Å². The maximum atomic E-state index is 11.3. The van der Waals surface area contributed by atoms with E-state index in [1.807, 2.05) is 36.5 Å². The molecule has 2 aromatic heterocycles. The number of pyridine rings is 1. The van der Waals surface area contributed by atoms with Crippen molar-refractivity contribution in [2.45, 2.75) is 32.2 Å². The average Bonchev–Trinajstić information content (AvgIpc) is 3.18. The van der Waals surface area contributed by atoms with Crippen LogP contribution in [0.5, 0.6) is 0 Å². The molecule has 0 aliphatic heterocycles. The molecular weight excluding hydrogens is 400 g/mol. The van der Waals surface area contributed by atoms with Crippen LogP contribution in [-0.4, -0.2) is 25.6 Å². The second-order valence-electron chi connectivity index (χ2n) is 7.86. The molecule has 4 aromatic rings. The fraction of sp³-hybridized carbons (Fsp3) is 0.192. The second kappa shape index (κ2) is 10.0. The number of aromatic nitrogens is 3. The number of imidazole rings is 1. The molecule has 162 valence electrons. The molecule has 0 aliphatic rings. The van der Waals surface area contributed by atoms with E-state index in [-0.39, 0.29) is 0 Å². The van der Waals surface area contributed by atoms with E-state index in [0.29, 0.717) is 5.92 Å². The van der Waals surface area contributed by atoms with E-state index in [4.69, 9.17) is 10.2 Å². The molecule has 1 unspecified atom stereocenters. The van der Waals surface area contributed by atoms with E-state index in [2.05, 4.69) is 46.8 Å². The summed E-state index contributed by atoms with van der Waals surface area (Å²) in [5, 5.41) is 8.68. The summed E-state index contributed by atoms with van der Waals surface area (Å²) >= 11 is 0. The second-order valence-corrected chi connectivity index (χ2v) is 7.86. The van der Waals surface area contributed by atoms with Crippen molar-refractivity contribution < 1.29 is 10.0 Å². The van der Waals surface area contributed by atoms with Gasteiger partial charge in [0.15, 0.2) is 0 Å². The van der Waals surface area contributed by atoms with Gasteiger partial charge < -0.3 is 4.57 Å². The summed E-state index contributed by atoms with van der Waals surface area (Å²) in [7, 11) is 0. The number of carbonyl (C=O) groups is 1. The van der Waals surface area contributed by atoms with Crippen molar-refractivity contribution in [3.05, 3.63) is 102 Å². The Hall–Kier alpha value is -3.77. The number of rotatable bonds is 8. The van der Waals surface area contributed by atoms with Gasteiger partial charge in [-0.3, -0.25) is 15.0 Å². The maximum absolute atomic E-state index is 11.3. The first-order valence-corrected chi connectivity index (χ1v) is 10.7. The third-order valence-corrected chi connectivity index (χ3v) is 5.59. The molecule has 1 amide bonds. The fourth-order valence-electron chi connectivity index (χ4n) is 3.88. The highest BCUT2D eigenvalue weighted by molar-refractivity contribution is 5.91. The van der Waals surface area contributed by atoms with Gasteiger partial charge in [0.25, 0.3) is 5.91 Å². The van der Waals surface area contributed by atoms with Crippen molar-refractivity contribution in [2.24, 2.45) is 0 Å². The molecule has 0 radical (unpaired) electrons. The summed E-state index contributed by atoms with van der Waals surface area (Å²) < 4.78 is 2.29. The van der Waals surface area contributed by atoms with Gasteiger partial charge >= 0.3 is 0 Å². The summed E-state index contributed by atoms with van der Waals surface area (Å²) in [6.45, 7) is 3.03. The van der Waals surface area contributed by atoms with Gasteiger partial charge in [0.05, 0.1) is 11.0 Å². The van der Waals surface area contributed by atoms with Gasteiger partial charge in [-0.15, -0.1) is 0 Å². The van der Waals surface area contributed by atoms with Gasteiger partial charge in [0.1, 0.15) is 5.82 Å². The zero-order valence-corrected chi connectivity index (χ0v) is 18.0. The van der Waals surface area contributed by atoms with Crippen molar-refractivity contribution in [3.8, 4) is 0 Å². The standard InChI is InChI=1S/C26H26N4O2/c1-19(22-7-3-2-4-8-22)16-25-28-23-17-20(10-12-26(31)29-32)9-11-24(23)30(25)15-13-21-6-5-14-27-18-21/h2-12,14,17-19,32H,13,15-16H2,1H3,(H,29,31)/b12-10+. The van der Waals surface area contributed by atoms with Crippen LogP contribution in [0.25, 0.3) is 17.1 Å². The van der Waals surface area contributed by atoms with E-state index < -0.39 is 5.91 Å². The maximum Gasteiger partial charge on any atom is 0.267 e. The van der Waals surface area contributed by atoms with Gasteiger partial charge in [-0.2, -0.15) is 0 Å². The van der Waals surface area contributed by atoms with Crippen LogP contribution in [0.2, 0.25) is 0 Å². The highest BCUT2D eigenvalue weighted by Gasteiger charge is 2.15. The van der Waals surface area contributed by atoms with E-state index in [1.165, 1.54) is 17.2 Å². The molecule has 4 rings (SSSR count). The topological polar surface area (TPSA) is 80.0 Å². The number of benzene rings is 2. The first-order valence-electron chi connectivity index (χ1n) is 10.7. The minimum absolute atomic E-state index is 0.331. The van der Waals surface area contributed by atoms with Crippen LogP contribution in [0.3, 0.4) is 0 Å². The molecule has 2 aromatic carbocycles. The fourth-order valence-corrected chi connectivity index (χ4v) is 3.88. The number of nitrogens with zero attached hydrogens (tertiary/aromatic N) is 3. The highest BCUT2D eigenvalue weighted by Crippen LogP contribution is 2.25. The largest absolute Gasteiger partial charge is 0.328 e. The Morgan fingerprint density at radius 1 is 1.16 bits per heavy atom. The van der Waals surface area contributed by atoms with Crippen molar-refractivity contribution in [1.29, 1.82) is 0 Å². The molecule has 0 saturated heterocycles. The van der Waals surface area contributed by atoms with Crippen LogP contribution in [0, 0.1) is 0 Å². The van der Waals surface area contributed by atoms with Crippen LogP contribution in [-0.2, 0) is 24.2 Å². The van der Waals surface area contributed by atoms with Gasteiger partial charge in [-0.25, -0.2) is 10.5 Å². The van der Waals surface area contributed by atoms with E-state index in [9.17, 15) is 4.79 Å². The molecule has 0 saturated carbocycles. The van der Waals surface area contributed by atoms with Crippen LogP contribution in [0.15, 0.2) is 79.1 Å². The van der Waals surface area contributed by atoms with Crippen LogP contribution in [0.4, 0.5) is 0 Å². The lowest BCUT2D eigenvalue weighted by atomic mass is 9.97. The molecule has 6 nitrogen and oxygen atoms in total. The Balaban J connectivity index is 1.66. The lowest BCUT2D eigenvalue weighted by Gasteiger charge is -2.14. The SMILES string of the molecule is CC(Cc1nc2cc(/C=C/C(=O)NO)ccc2n1CCc1cccnc1)c1ccccc1. The number of hydrogen-bond donors (Lipinski definition) is 2. The number of nitrogens with one attached hydrogen (secondary N) is 1. The number of carbonyl (C=O) groups excluding carboxylic acids is 1. The number of hydroxylamine groups is 1. The third-order valence-electron chi connectivity index (χ3n) is 5.59. The Kier molecular flexibility index (Phi) is 6.72. The van der Waals surface area contributed by atoms with Crippen LogP contribution in [0.1, 0.15) is 35.4 Å². The van der Waals surface area contributed by atoms with Crippen LogP contribution >= 0.6 is 0 Å². The molecule has 0 aliphatic carbocycles. The monoisotopic (exact) mass is 426 g/mol. The molecule has 1 atom stereocenters. The third kappa shape index (κ3) is 5.10. The quantitative estimate of drug-likeness (QED) is 0.246. The minimum atomic E-state index is -0.565. The lowest BCUT2D eigenvalue weighted by Crippen LogP contribution is -2.14. The predicted molar refractivity (Wildman–Crippen MR) is 125 cm³/mol.